The average molecular weight is 465 g/mol. The number of anilines is 1. The van der Waals surface area contributed by atoms with E-state index in [1.807, 2.05) is 43.8 Å². The summed E-state index contributed by atoms with van der Waals surface area (Å²) in [5, 5.41) is 6.76. The molecule has 4 rings (SSSR count). The van der Waals surface area contributed by atoms with Crippen molar-refractivity contribution in [2.24, 2.45) is 0 Å². The van der Waals surface area contributed by atoms with Gasteiger partial charge >= 0.3 is 0 Å². The van der Waals surface area contributed by atoms with Crippen molar-refractivity contribution in [3.63, 3.8) is 0 Å². The number of imidazole rings is 1. The second-order valence-electron chi connectivity index (χ2n) is 8.65. The summed E-state index contributed by atoms with van der Waals surface area (Å²) in [6.45, 7) is 10.3. The van der Waals surface area contributed by atoms with Gasteiger partial charge in [0.1, 0.15) is 5.82 Å². The molecule has 0 spiro atoms. The van der Waals surface area contributed by atoms with Gasteiger partial charge in [0.05, 0.1) is 17.2 Å². The summed E-state index contributed by atoms with van der Waals surface area (Å²) < 4.78 is 0. The zero-order chi connectivity index (χ0) is 24.8. The predicted molar refractivity (Wildman–Crippen MR) is 146 cm³/mol. The maximum Gasteiger partial charge on any atom is 0.111 e. The highest BCUT2D eigenvalue weighted by Gasteiger charge is 2.13. The lowest BCUT2D eigenvalue weighted by Crippen LogP contribution is -2.20. The third-order valence-electron chi connectivity index (χ3n) is 5.78. The van der Waals surface area contributed by atoms with E-state index in [9.17, 15) is 0 Å². The number of H-pyrrole nitrogens is 1. The topological polar surface area (TPSA) is 78.5 Å². The van der Waals surface area contributed by atoms with Crippen molar-refractivity contribution in [2.45, 2.75) is 33.2 Å². The van der Waals surface area contributed by atoms with Crippen LogP contribution in [0.5, 0.6) is 0 Å². The van der Waals surface area contributed by atoms with Gasteiger partial charge in [0.25, 0.3) is 0 Å². The molecule has 3 N–H and O–H groups in total. The molecule has 0 aliphatic carbocycles. The minimum Gasteiger partial charge on any atom is -0.388 e. The fourth-order valence-electron chi connectivity index (χ4n) is 4.14. The summed E-state index contributed by atoms with van der Waals surface area (Å²) in [6.07, 6.45) is 14.0. The van der Waals surface area contributed by atoms with Crippen LogP contribution in [0.2, 0.25) is 0 Å². The molecule has 0 aliphatic rings. The zero-order valence-electron chi connectivity index (χ0n) is 20.8. The molecule has 0 radical (unpaired) electrons. The number of fused-ring (bicyclic) bond motifs is 1. The predicted octanol–water partition coefficient (Wildman–Crippen LogP) is 6.12. The maximum absolute atomic E-state index is 4.95. The summed E-state index contributed by atoms with van der Waals surface area (Å²) in [4.78, 5) is 17.1. The highest BCUT2D eigenvalue weighted by molar-refractivity contribution is 5.90. The summed E-state index contributed by atoms with van der Waals surface area (Å²) in [5.41, 5.74) is 9.28. The van der Waals surface area contributed by atoms with Gasteiger partial charge < -0.3 is 15.6 Å². The third-order valence-corrected chi connectivity index (χ3v) is 5.78. The van der Waals surface area contributed by atoms with Crippen molar-refractivity contribution in [3.05, 3.63) is 103 Å². The van der Waals surface area contributed by atoms with Crippen LogP contribution in [0.4, 0.5) is 5.69 Å². The van der Waals surface area contributed by atoms with Crippen molar-refractivity contribution in [3.8, 4) is 11.1 Å². The van der Waals surface area contributed by atoms with Crippen molar-refractivity contribution in [1.29, 1.82) is 0 Å². The molecule has 6 heteroatoms. The lowest BCUT2D eigenvalue weighted by atomic mass is 9.98. The Morgan fingerprint density at radius 3 is 2.69 bits per heavy atom. The molecule has 178 valence electrons. The Hall–Kier alpha value is -4.19. The summed E-state index contributed by atoms with van der Waals surface area (Å²) in [5.74, 6) is 0.887. The van der Waals surface area contributed by atoms with E-state index >= 15 is 0 Å². The van der Waals surface area contributed by atoms with Crippen LogP contribution in [0.1, 0.15) is 37.7 Å². The Kier molecular flexibility index (Phi) is 7.41. The van der Waals surface area contributed by atoms with Gasteiger partial charge in [-0.1, -0.05) is 24.8 Å². The van der Waals surface area contributed by atoms with Crippen LogP contribution in [0.25, 0.3) is 27.7 Å². The Bertz CT molecular complexity index is 1380. The summed E-state index contributed by atoms with van der Waals surface area (Å²) in [7, 11) is 1.94. The minimum absolute atomic E-state index is 0.332. The molecule has 0 fully saturated rings. The van der Waals surface area contributed by atoms with Crippen LogP contribution in [-0.2, 0) is 6.42 Å². The normalized spacial score (nSPS) is 12.3. The molecular weight excluding hydrogens is 432 g/mol. The Morgan fingerprint density at radius 2 is 2.00 bits per heavy atom. The number of rotatable bonds is 9. The van der Waals surface area contributed by atoms with Gasteiger partial charge in [-0.2, -0.15) is 0 Å². The van der Waals surface area contributed by atoms with Gasteiger partial charge in [-0.15, -0.1) is 0 Å². The van der Waals surface area contributed by atoms with Crippen LogP contribution in [0.3, 0.4) is 0 Å². The number of aromatic amines is 1. The Labute approximate surface area is 207 Å². The molecule has 3 heterocycles. The van der Waals surface area contributed by atoms with Crippen molar-refractivity contribution in [1.82, 2.24) is 25.3 Å². The zero-order valence-corrected chi connectivity index (χ0v) is 20.8. The molecular formula is C29H32N6. The molecule has 6 nitrogen and oxygen atoms in total. The van der Waals surface area contributed by atoms with E-state index in [1.165, 1.54) is 0 Å². The molecule has 0 aliphatic heterocycles. The first-order valence-electron chi connectivity index (χ1n) is 11.8. The quantitative estimate of drug-likeness (QED) is 0.260. The number of nitrogens with zero attached hydrogens (tertiary/aromatic N) is 3. The smallest absolute Gasteiger partial charge is 0.111 e. The summed E-state index contributed by atoms with van der Waals surface area (Å²) in [6, 6.07) is 10.8. The Morgan fingerprint density at radius 1 is 1.14 bits per heavy atom. The highest BCUT2D eigenvalue weighted by atomic mass is 14.9. The largest absolute Gasteiger partial charge is 0.388 e. The first-order chi connectivity index (χ1) is 17.0. The number of hydrogen-bond donors (Lipinski definition) is 3. The monoisotopic (exact) mass is 464 g/mol. The van der Waals surface area contributed by atoms with Crippen LogP contribution in [-0.4, -0.2) is 33.0 Å². The third kappa shape index (κ3) is 5.49. The first-order valence-corrected chi connectivity index (χ1v) is 11.8. The molecule has 0 atom stereocenters. The van der Waals surface area contributed by atoms with E-state index in [1.54, 1.807) is 6.20 Å². The van der Waals surface area contributed by atoms with Gasteiger partial charge in [-0.3, -0.25) is 9.97 Å². The molecule has 0 saturated heterocycles. The molecule has 35 heavy (non-hydrogen) atoms. The Balaban J connectivity index is 1.70. The van der Waals surface area contributed by atoms with E-state index < -0.39 is 0 Å². The van der Waals surface area contributed by atoms with Gasteiger partial charge in [0.15, 0.2) is 0 Å². The summed E-state index contributed by atoms with van der Waals surface area (Å²) >= 11 is 0. The minimum atomic E-state index is 0.332. The second kappa shape index (κ2) is 10.8. The van der Waals surface area contributed by atoms with Crippen molar-refractivity contribution < 1.29 is 0 Å². The highest BCUT2D eigenvalue weighted by Crippen LogP contribution is 2.28. The van der Waals surface area contributed by atoms with Gasteiger partial charge in [-0.05, 0) is 67.8 Å². The second-order valence-corrected chi connectivity index (χ2v) is 8.65. The van der Waals surface area contributed by atoms with Crippen LogP contribution >= 0.6 is 0 Å². The standard InChI is InChI=1S/C29H32N6/c1-6-20(14-24(7-2)33-19(3)4)21-10-11-26(30-5)23(13-21)15-28-34-27-18-32-17-25(29(27)35-28)22-9-8-12-31-16-22/h6-14,16-19,30,33H,2,15H2,1,3-5H3,(H,34,35)/b20-6+,24-14+. The van der Waals surface area contributed by atoms with Gasteiger partial charge in [0.2, 0.25) is 0 Å². The molecule has 0 saturated carbocycles. The number of aromatic nitrogens is 4. The van der Waals surface area contributed by atoms with Crippen molar-refractivity contribution >= 4 is 22.3 Å². The number of benzene rings is 1. The van der Waals surface area contributed by atoms with Crippen LogP contribution < -0.4 is 10.6 Å². The number of hydrogen-bond acceptors (Lipinski definition) is 5. The molecule has 0 unspecified atom stereocenters. The number of nitrogens with one attached hydrogen (secondary N) is 3. The maximum atomic E-state index is 4.95. The van der Waals surface area contributed by atoms with Crippen LogP contribution in [0, 0.1) is 0 Å². The first kappa shape index (κ1) is 24.0. The number of pyridine rings is 2. The van der Waals surface area contributed by atoms with E-state index in [-0.39, 0.29) is 0 Å². The van der Waals surface area contributed by atoms with E-state index in [2.05, 4.69) is 83.3 Å². The van der Waals surface area contributed by atoms with E-state index in [4.69, 9.17) is 4.98 Å². The SMILES string of the molecule is C=C/C(=C\C(=C/C)c1ccc(NC)c(Cc2nc3c(-c4cccnc4)cncc3[nH]2)c1)NC(C)C. The molecule has 0 bridgehead atoms. The average Bonchev–Trinajstić information content (AvgIpc) is 3.29. The lowest BCUT2D eigenvalue weighted by Gasteiger charge is -2.14. The molecule has 0 amide bonds. The molecule has 4 aromatic rings. The fourth-order valence-corrected chi connectivity index (χ4v) is 4.14. The van der Waals surface area contributed by atoms with Crippen molar-refractivity contribution in [2.75, 3.05) is 12.4 Å². The molecule has 3 aromatic heterocycles. The van der Waals surface area contributed by atoms with E-state index in [0.29, 0.717) is 12.5 Å². The fraction of sp³-hybridized carbons (Fsp3) is 0.207. The van der Waals surface area contributed by atoms with Crippen LogP contribution in [0.15, 0.2) is 85.6 Å². The number of allylic oxidation sites excluding steroid dienone is 4. The van der Waals surface area contributed by atoms with E-state index in [0.717, 1.165) is 56.1 Å². The lowest BCUT2D eigenvalue weighted by molar-refractivity contribution is 0.682. The molecule has 1 aromatic carbocycles. The van der Waals surface area contributed by atoms with Gasteiger partial charge in [-0.25, -0.2) is 4.98 Å². The van der Waals surface area contributed by atoms with Gasteiger partial charge in [0, 0.05) is 60.6 Å².